The van der Waals surface area contributed by atoms with E-state index in [1.54, 1.807) is 11.1 Å². The molecular formula is C17H27O6Ti-. The molecule has 0 saturated heterocycles. The second kappa shape index (κ2) is 15.2. The second-order valence-electron chi connectivity index (χ2n) is 5.30. The molecule has 0 aromatic rings. The number of carboxylic acid groups (broad SMARTS) is 3. The summed E-state index contributed by atoms with van der Waals surface area (Å²) in [6.07, 6.45) is 8.91. The average Bonchev–Trinajstić information content (AvgIpc) is 2.64. The van der Waals surface area contributed by atoms with Gasteiger partial charge in [-0.3, -0.25) is 14.4 Å². The topological polar surface area (TPSA) is 112 Å². The number of aliphatic carboxylic acids is 3. The zero-order valence-corrected chi connectivity index (χ0v) is 16.5. The van der Waals surface area contributed by atoms with Gasteiger partial charge in [-0.2, -0.15) is 5.57 Å². The fourth-order valence-corrected chi connectivity index (χ4v) is 2.16. The minimum Gasteiger partial charge on any atom is -0.481 e. The Kier molecular flexibility index (Phi) is 17.3. The first-order valence-corrected chi connectivity index (χ1v) is 7.40. The van der Waals surface area contributed by atoms with E-state index < -0.39 is 17.9 Å². The third-order valence-corrected chi connectivity index (χ3v) is 3.03. The summed E-state index contributed by atoms with van der Waals surface area (Å²) in [6.45, 7) is 7.78. The van der Waals surface area contributed by atoms with E-state index in [0.29, 0.717) is 5.92 Å². The summed E-state index contributed by atoms with van der Waals surface area (Å²) in [6, 6.07) is 0. The monoisotopic (exact) mass is 375 g/mol. The molecule has 0 amide bonds. The Labute approximate surface area is 158 Å². The van der Waals surface area contributed by atoms with Crippen molar-refractivity contribution in [2.75, 3.05) is 0 Å². The van der Waals surface area contributed by atoms with E-state index in [-0.39, 0.29) is 21.7 Å². The zero-order valence-electron chi connectivity index (χ0n) is 15.0. The van der Waals surface area contributed by atoms with E-state index in [9.17, 15) is 0 Å². The fourth-order valence-electron chi connectivity index (χ4n) is 2.16. The molecule has 2 rings (SSSR count). The normalized spacial score (nSPS) is 17.0. The fraction of sp³-hybridized carbons (Fsp3) is 0.588. The molecule has 0 fully saturated rings. The molecule has 7 heteroatoms. The van der Waals surface area contributed by atoms with Gasteiger partial charge in [0.1, 0.15) is 0 Å². The molecule has 2 aliphatic carbocycles. The van der Waals surface area contributed by atoms with Gasteiger partial charge in [-0.25, -0.2) is 17.2 Å². The van der Waals surface area contributed by atoms with E-state index in [0.717, 1.165) is 20.8 Å². The summed E-state index contributed by atoms with van der Waals surface area (Å²) in [7, 11) is 0. The molecule has 1 unspecified atom stereocenters. The van der Waals surface area contributed by atoms with Crippen molar-refractivity contribution >= 4 is 17.9 Å². The van der Waals surface area contributed by atoms with Gasteiger partial charge in [0.25, 0.3) is 17.9 Å². The number of hydrogen-bond acceptors (Lipinski definition) is 3. The van der Waals surface area contributed by atoms with Crippen molar-refractivity contribution in [1.29, 1.82) is 0 Å². The maximum atomic E-state index is 9.00. The van der Waals surface area contributed by atoms with E-state index in [4.69, 9.17) is 29.7 Å². The van der Waals surface area contributed by atoms with Crippen molar-refractivity contribution in [1.82, 2.24) is 0 Å². The van der Waals surface area contributed by atoms with Crippen LogP contribution >= 0.6 is 0 Å². The van der Waals surface area contributed by atoms with E-state index in [1.165, 1.54) is 31.3 Å². The van der Waals surface area contributed by atoms with Gasteiger partial charge in [0, 0.05) is 42.5 Å². The maximum absolute atomic E-state index is 9.00. The van der Waals surface area contributed by atoms with Crippen molar-refractivity contribution in [3.8, 4) is 0 Å². The van der Waals surface area contributed by atoms with Gasteiger partial charge < -0.3 is 15.3 Å². The Morgan fingerprint density at radius 1 is 0.917 bits per heavy atom. The molecule has 24 heavy (non-hydrogen) atoms. The van der Waals surface area contributed by atoms with Crippen LogP contribution in [0, 0.1) is 12.0 Å². The standard InChI is InChI=1S/C11H15.3C2H4O2.Ti/c1-8-7-10-5-3-4-6-11(10)9(8)2;3*1-2(3)4;/h9H,3-6H2,1-2H3;3*1H3,(H,3,4);/q-1;;;;. The number of carboxylic acids is 3. The van der Waals surface area contributed by atoms with Crippen LogP contribution in [0.3, 0.4) is 0 Å². The molecule has 136 valence electrons. The van der Waals surface area contributed by atoms with Gasteiger partial charge in [0.2, 0.25) is 0 Å². The molecule has 3 N–H and O–H groups in total. The SMILES string of the molecule is CC(=O)O.CC(=O)O.CC(=O)O.CC1=[C-]C2=C(CCCC2)C1C.[Ti]. The molecule has 2 aliphatic rings. The Bertz CT molecular complexity index is 439. The Morgan fingerprint density at radius 2 is 1.25 bits per heavy atom. The largest absolute Gasteiger partial charge is 0.481 e. The Balaban J connectivity index is -0.000000288. The van der Waals surface area contributed by atoms with Crippen molar-refractivity contribution in [2.24, 2.45) is 5.92 Å². The maximum Gasteiger partial charge on any atom is 0.300 e. The minimum absolute atomic E-state index is 0. The molecule has 0 spiro atoms. The van der Waals surface area contributed by atoms with Gasteiger partial charge in [0.15, 0.2) is 0 Å². The molecule has 0 bridgehead atoms. The summed E-state index contributed by atoms with van der Waals surface area (Å²) < 4.78 is 0. The quantitative estimate of drug-likeness (QED) is 0.441. The van der Waals surface area contributed by atoms with Crippen molar-refractivity contribution in [2.45, 2.75) is 60.3 Å². The Morgan fingerprint density at radius 3 is 1.58 bits per heavy atom. The molecular weight excluding hydrogens is 348 g/mol. The van der Waals surface area contributed by atoms with Crippen LogP contribution in [0.5, 0.6) is 0 Å². The van der Waals surface area contributed by atoms with Crippen LogP contribution in [0.15, 0.2) is 16.7 Å². The van der Waals surface area contributed by atoms with Crippen LogP contribution in [0.2, 0.25) is 0 Å². The van der Waals surface area contributed by atoms with Crippen LogP contribution in [-0.2, 0) is 36.1 Å². The summed E-state index contributed by atoms with van der Waals surface area (Å²) in [5.74, 6) is -1.79. The van der Waals surface area contributed by atoms with Gasteiger partial charge in [-0.05, 0) is 0 Å². The zero-order chi connectivity index (χ0) is 18.6. The summed E-state index contributed by atoms with van der Waals surface area (Å²) in [5, 5.41) is 22.2. The van der Waals surface area contributed by atoms with E-state index >= 15 is 0 Å². The molecule has 0 saturated carbocycles. The Hall–Kier alpha value is -1.40. The first kappa shape index (κ1) is 27.5. The van der Waals surface area contributed by atoms with Crippen LogP contribution in [0.1, 0.15) is 60.3 Å². The van der Waals surface area contributed by atoms with Crippen molar-refractivity contribution in [3.63, 3.8) is 0 Å². The molecule has 0 heterocycles. The second-order valence-corrected chi connectivity index (χ2v) is 5.30. The molecule has 0 radical (unpaired) electrons. The van der Waals surface area contributed by atoms with Crippen LogP contribution in [0.25, 0.3) is 0 Å². The molecule has 1 atom stereocenters. The first-order chi connectivity index (χ1) is 10.5. The van der Waals surface area contributed by atoms with Crippen molar-refractivity contribution < 1.29 is 51.4 Å². The number of carbonyl (C=O) groups is 3. The van der Waals surface area contributed by atoms with Crippen molar-refractivity contribution in [3.05, 3.63) is 22.8 Å². The number of rotatable bonds is 0. The molecule has 0 aliphatic heterocycles. The predicted molar refractivity (Wildman–Crippen MR) is 87.0 cm³/mol. The first-order valence-electron chi connectivity index (χ1n) is 7.40. The van der Waals surface area contributed by atoms with Crippen LogP contribution in [-0.4, -0.2) is 33.2 Å². The molecule has 6 nitrogen and oxygen atoms in total. The van der Waals surface area contributed by atoms with Gasteiger partial charge in [-0.15, -0.1) is 0 Å². The third-order valence-electron chi connectivity index (χ3n) is 3.03. The van der Waals surface area contributed by atoms with Crippen LogP contribution < -0.4 is 0 Å². The summed E-state index contributed by atoms with van der Waals surface area (Å²) >= 11 is 0. The minimum atomic E-state index is -0.833. The van der Waals surface area contributed by atoms with Gasteiger partial charge >= 0.3 is 0 Å². The number of allylic oxidation sites excluding steroid dienone is 4. The number of hydrogen-bond donors (Lipinski definition) is 3. The third kappa shape index (κ3) is 17.0. The van der Waals surface area contributed by atoms with Gasteiger partial charge in [0.05, 0.1) is 0 Å². The van der Waals surface area contributed by atoms with E-state index in [2.05, 4.69) is 19.9 Å². The van der Waals surface area contributed by atoms with E-state index in [1.807, 2.05) is 0 Å². The summed E-state index contributed by atoms with van der Waals surface area (Å²) in [5.41, 5.74) is 4.69. The molecule has 0 aromatic heterocycles. The summed E-state index contributed by atoms with van der Waals surface area (Å²) in [4.78, 5) is 27.0. The molecule has 0 aromatic carbocycles. The average molecular weight is 375 g/mol. The van der Waals surface area contributed by atoms with Crippen LogP contribution in [0.4, 0.5) is 0 Å². The van der Waals surface area contributed by atoms with Gasteiger partial charge in [-0.1, -0.05) is 45.4 Å². The smallest absolute Gasteiger partial charge is 0.300 e. The predicted octanol–water partition coefficient (Wildman–Crippen LogP) is 3.53.